The van der Waals surface area contributed by atoms with E-state index in [-0.39, 0.29) is 0 Å². The third-order valence-corrected chi connectivity index (χ3v) is 6.18. The number of aryl methyl sites for hydroxylation is 1. The number of benzene rings is 1. The molecule has 0 amide bonds. The van der Waals surface area contributed by atoms with Crippen LogP contribution in [-0.4, -0.2) is 6.61 Å². The van der Waals surface area contributed by atoms with Crippen LogP contribution in [0.15, 0.2) is 24.3 Å². The molecule has 1 nitrogen and oxygen atoms in total. The molecule has 1 aliphatic carbocycles. The number of rotatable bonds is 13. The van der Waals surface area contributed by atoms with E-state index in [9.17, 15) is 0 Å². The van der Waals surface area contributed by atoms with E-state index in [4.69, 9.17) is 4.74 Å². The lowest BCUT2D eigenvalue weighted by Gasteiger charge is -2.28. The largest absolute Gasteiger partial charge is 0.494 e. The van der Waals surface area contributed by atoms with E-state index in [0.717, 1.165) is 24.2 Å². The predicted molar refractivity (Wildman–Crippen MR) is 114 cm³/mol. The van der Waals surface area contributed by atoms with Gasteiger partial charge in [0.05, 0.1) is 6.61 Å². The zero-order chi connectivity index (χ0) is 18.5. The van der Waals surface area contributed by atoms with E-state index in [1.54, 1.807) is 0 Å². The molecule has 0 unspecified atom stereocenters. The smallest absolute Gasteiger partial charge is 0.119 e. The van der Waals surface area contributed by atoms with Crippen molar-refractivity contribution in [3.63, 3.8) is 0 Å². The lowest BCUT2D eigenvalue weighted by molar-refractivity contribution is 0.230. The van der Waals surface area contributed by atoms with Gasteiger partial charge in [-0.2, -0.15) is 0 Å². The number of hydrogen-bond acceptors (Lipinski definition) is 1. The molecule has 148 valence electrons. The summed E-state index contributed by atoms with van der Waals surface area (Å²) in [5, 5.41) is 0. The van der Waals surface area contributed by atoms with E-state index < -0.39 is 0 Å². The number of unbranched alkanes of at least 4 members (excludes halogenated alkanes) is 4. The fourth-order valence-corrected chi connectivity index (χ4v) is 4.46. The molecule has 1 saturated carbocycles. The predicted octanol–water partition coefficient (Wildman–Crippen LogP) is 7.97. The van der Waals surface area contributed by atoms with Gasteiger partial charge in [-0.3, -0.25) is 0 Å². The molecule has 0 aromatic heterocycles. The molecule has 0 bridgehead atoms. The first-order valence-electron chi connectivity index (χ1n) is 11.5. The van der Waals surface area contributed by atoms with Crippen molar-refractivity contribution < 1.29 is 4.74 Å². The van der Waals surface area contributed by atoms with E-state index in [2.05, 4.69) is 38.1 Å². The summed E-state index contributed by atoms with van der Waals surface area (Å²) in [5.41, 5.74) is 1.46. The van der Waals surface area contributed by atoms with Crippen molar-refractivity contribution in [2.75, 3.05) is 6.61 Å². The van der Waals surface area contributed by atoms with Crippen LogP contribution in [0.3, 0.4) is 0 Å². The van der Waals surface area contributed by atoms with Gasteiger partial charge in [0.15, 0.2) is 0 Å². The summed E-state index contributed by atoms with van der Waals surface area (Å²) < 4.78 is 5.97. The Labute approximate surface area is 162 Å². The molecule has 0 N–H and O–H groups in total. The minimum atomic E-state index is 0.880. The van der Waals surface area contributed by atoms with Gasteiger partial charge in [0, 0.05) is 0 Å². The molecule has 1 heteroatoms. The highest BCUT2D eigenvalue weighted by Crippen LogP contribution is 2.33. The first kappa shape index (κ1) is 21.3. The van der Waals surface area contributed by atoms with Crippen molar-refractivity contribution in [2.24, 2.45) is 11.8 Å². The highest BCUT2D eigenvalue weighted by molar-refractivity contribution is 5.27. The normalized spacial score (nSPS) is 20.2. The van der Waals surface area contributed by atoms with Gasteiger partial charge in [-0.15, -0.1) is 0 Å². The Hall–Kier alpha value is -0.980. The highest BCUT2D eigenvalue weighted by Gasteiger charge is 2.20. The highest BCUT2D eigenvalue weighted by atomic mass is 16.5. The zero-order valence-corrected chi connectivity index (χ0v) is 17.5. The van der Waals surface area contributed by atoms with E-state index in [0.29, 0.717) is 0 Å². The molecule has 1 fully saturated rings. The topological polar surface area (TPSA) is 9.23 Å². The number of hydrogen-bond donors (Lipinski definition) is 0. The van der Waals surface area contributed by atoms with Crippen molar-refractivity contribution in [2.45, 2.75) is 104 Å². The average Bonchev–Trinajstić information content (AvgIpc) is 2.68. The Morgan fingerprint density at radius 3 is 2.04 bits per heavy atom. The first-order valence-corrected chi connectivity index (χ1v) is 11.5. The Kier molecular flexibility index (Phi) is 10.8. The standard InChI is InChI=1S/C25H42O/c1-3-5-6-7-8-11-23-17-19-25(20-18-23)26-21-9-12-24-15-13-22(10-4-2)14-16-24/h17-20,22,24H,3-16,21H2,1-2H3/t22-,24-. The van der Waals surface area contributed by atoms with Gasteiger partial charge in [0.1, 0.15) is 5.75 Å². The van der Waals surface area contributed by atoms with Gasteiger partial charge < -0.3 is 4.74 Å². The van der Waals surface area contributed by atoms with Crippen LogP contribution < -0.4 is 4.74 Å². The lowest BCUT2D eigenvalue weighted by Crippen LogP contribution is -2.15. The molecule has 1 aliphatic rings. The zero-order valence-electron chi connectivity index (χ0n) is 17.5. The van der Waals surface area contributed by atoms with E-state index in [1.165, 1.54) is 95.5 Å². The lowest BCUT2D eigenvalue weighted by atomic mass is 9.78. The first-order chi connectivity index (χ1) is 12.8. The molecule has 2 rings (SSSR count). The minimum absolute atomic E-state index is 0.880. The molecule has 26 heavy (non-hydrogen) atoms. The second-order valence-corrected chi connectivity index (χ2v) is 8.47. The van der Waals surface area contributed by atoms with Gasteiger partial charge in [0.2, 0.25) is 0 Å². The molecule has 1 aromatic carbocycles. The molecule has 0 radical (unpaired) electrons. The Morgan fingerprint density at radius 2 is 1.38 bits per heavy atom. The van der Waals surface area contributed by atoms with Gasteiger partial charge in [-0.1, -0.05) is 90.2 Å². The van der Waals surface area contributed by atoms with Crippen LogP contribution in [0.1, 0.15) is 103 Å². The van der Waals surface area contributed by atoms with Crippen LogP contribution in [-0.2, 0) is 6.42 Å². The monoisotopic (exact) mass is 358 g/mol. The van der Waals surface area contributed by atoms with E-state index >= 15 is 0 Å². The molecular weight excluding hydrogens is 316 g/mol. The SMILES string of the molecule is CCCCCCCc1ccc(OCCC[C@H]2CC[C@H](CCC)CC2)cc1. The molecular formula is C25H42O. The molecule has 1 aromatic rings. The van der Waals surface area contributed by atoms with Crippen LogP contribution in [0.4, 0.5) is 0 Å². The maximum atomic E-state index is 5.97. The van der Waals surface area contributed by atoms with Crippen molar-refractivity contribution in [3.8, 4) is 5.75 Å². The van der Waals surface area contributed by atoms with Crippen LogP contribution in [0.25, 0.3) is 0 Å². The van der Waals surface area contributed by atoms with E-state index in [1.807, 2.05) is 0 Å². The van der Waals surface area contributed by atoms with Crippen LogP contribution in [0, 0.1) is 11.8 Å². The summed E-state index contributed by atoms with van der Waals surface area (Å²) in [5.74, 6) is 3.03. The van der Waals surface area contributed by atoms with Crippen molar-refractivity contribution in [1.29, 1.82) is 0 Å². The van der Waals surface area contributed by atoms with Gasteiger partial charge in [0.25, 0.3) is 0 Å². The maximum absolute atomic E-state index is 5.97. The molecule has 0 saturated heterocycles. The van der Waals surface area contributed by atoms with Crippen molar-refractivity contribution in [3.05, 3.63) is 29.8 Å². The third-order valence-electron chi connectivity index (χ3n) is 6.18. The molecule has 0 spiro atoms. The van der Waals surface area contributed by atoms with Crippen LogP contribution in [0.2, 0.25) is 0 Å². The van der Waals surface area contributed by atoms with Gasteiger partial charge >= 0.3 is 0 Å². The Balaban J connectivity index is 1.53. The second-order valence-electron chi connectivity index (χ2n) is 8.47. The molecule has 0 aliphatic heterocycles. The summed E-state index contributed by atoms with van der Waals surface area (Å²) in [6, 6.07) is 8.84. The number of ether oxygens (including phenoxy) is 1. The van der Waals surface area contributed by atoms with Crippen LogP contribution in [0.5, 0.6) is 5.75 Å². The maximum Gasteiger partial charge on any atom is 0.119 e. The van der Waals surface area contributed by atoms with Crippen molar-refractivity contribution >= 4 is 0 Å². The minimum Gasteiger partial charge on any atom is -0.494 e. The quantitative estimate of drug-likeness (QED) is 0.325. The summed E-state index contributed by atoms with van der Waals surface area (Å²) in [7, 11) is 0. The average molecular weight is 359 g/mol. The Bertz CT molecular complexity index is 442. The second kappa shape index (κ2) is 13.2. The summed E-state index contributed by atoms with van der Waals surface area (Å²) in [6.45, 7) is 5.48. The fraction of sp³-hybridized carbons (Fsp3) is 0.760. The summed E-state index contributed by atoms with van der Waals surface area (Å²) in [4.78, 5) is 0. The summed E-state index contributed by atoms with van der Waals surface area (Å²) in [6.07, 6.45) is 19.2. The molecule has 0 atom stereocenters. The summed E-state index contributed by atoms with van der Waals surface area (Å²) >= 11 is 0. The van der Waals surface area contributed by atoms with Crippen LogP contribution >= 0.6 is 0 Å². The van der Waals surface area contributed by atoms with Gasteiger partial charge in [-0.05, 0) is 55.2 Å². The fourth-order valence-electron chi connectivity index (χ4n) is 4.46. The third kappa shape index (κ3) is 8.60. The molecule has 0 heterocycles. The van der Waals surface area contributed by atoms with Crippen molar-refractivity contribution in [1.82, 2.24) is 0 Å². The Morgan fingerprint density at radius 1 is 0.731 bits per heavy atom. The van der Waals surface area contributed by atoms with Gasteiger partial charge in [-0.25, -0.2) is 0 Å².